The van der Waals surface area contributed by atoms with Crippen LogP contribution in [0.5, 0.6) is 0 Å². The number of carboxylic acid groups (broad SMARTS) is 2. The molecule has 0 aliphatic carbocycles. The number of non-ortho nitro benzene ring substituents is 1. The van der Waals surface area contributed by atoms with Gasteiger partial charge in [-0.1, -0.05) is 18.2 Å². The number of para-hydroxylation sites is 1. The lowest BCUT2D eigenvalue weighted by molar-refractivity contribution is -0.383. The molecule has 0 aliphatic rings. The van der Waals surface area contributed by atoms with Crippen LogP contribution in [-0.2, 0) is 9.59 Å². The number of nitro groups is 1. The van der Waals surface area contributed by atoms with Crippen LogP contribution in [0.25, 0.3) is 21.8 Å². The first-order valence-electron chi connectivity index (χ1n) is 12.2. The summed E-state index contributed by atoms with van der Waals surface area (Å²) in [5.74, 6) is -1.67. The Bertz CT molecular complexity index is 1230. The molecule has 0 saturated heterocycles. The average Bonchev–Trinajstić information content (AvgIpc) is 2.84. The van der Waals surface area contributed by atoms with Gasteiger partial charge in [0.2, 0.25) is 0 Å². The number of benzene rings is 2. The highest BCUT2D eigenvalue weighted by Gasteiger charge is 2.23. The van der Waals surface area contributed by atoms with E-state index in [2.05, 4.69) is 10.2 Å². The third-order valence-corrected chi connectivity index (χ3v) is 5.15. The topological polar surface area (TPSA) is 190 Å². The Morgan fingerprint density at radius 2 is 1.54 bits per heavy atom. The largest absolute Gasteiger partial charge is 0.481 e. The lowest BCUT2D eigenvalue weighted by atomic mass is 10.0. The minimum atomic E-state index is -0.833. The molecule has 0 saturated carbocycles. The van der Waals surface area contributed by atoms with Gasteiger partial charge in [-0.15, -0.1) is 0 Å². The molecule has 3 aromatic rings. The molecule has 0 atom stereocenters. The number of hydrogen-bond acceptors (Lipinski definition) is 10. The van der Waals surface area contributed by atoms with Crippen molar-refractivity contribution in [1.29, 1.82) is 0 Å². The molecule has 0 fully saturated rings. The van der Waals surface area contributed by atoms with Gasteiger partial charge in [0.25, 0.3) is 17.6 Å². The Balaban J connectivity index is 0.000000838. The summed E-state index contributed by atoms with van der Waals surface area (Å²) in [6, 6.07) is 10.7. The quantitative estimate of drug-likeness (QED) is 0.102. The predicted molar refractivity (Wildman–Crippen MR) is 151 cm³/mol. The summed E-state index contributed by atoms with van der Waals surface area (Å²) in [5.41, 5.74) is 2.50. The summed E-state index contributed by atoms with van der Waals surface area (Å²) in [4.78, 5) is 38.2. The van der Waals surface area contributed by atoms with Gasteiger partial charge < -0.3 is 35.5 Å². The fraction of sp³-hybridized carbons (Fsp3) is 0.423. The van der Waals surface area contributed by atoms with Crippen LogP contribution in [0.15, 0.2) is 36.4 Å². The molecule has 0 amide bonds. The summed E-state index contributed by atoms with van der Waals surface area (Å²) >= 11 is 0. The molecule has 0 spiro atoms. The number of pyridine rings is 1. The second-order valence-electron chi connectivity index (χ2n) is 8.64. The molecule has 1 heterocycles. The SMILES string of the molecule is CC(=O)O.CC(=O)O.CN(C)CCCNc1c2ccccc2nc2c(N(CCO)CCO)ccc([N+](=O)[O-])c12. The van der Waals surface area contributed by atoms with Crippen LogP contribution < -0.4 is 10.2 Å². The molecule has 0 radical (unpaired) electrons. The number of carbonyl (C=O) groups is 2. The molecule has 1 aromatic heterocycles. The molecule has 39 heavy (non-hydrogen) atoms. The van der Waals surface area contributed by atoms with E-state index in [1.54, 1.807) is 11.0 Å². The van der Waals surface area contributed by atoms with Crippen LogP contribution in [0.4, 0.5) is 17.1 Å². The fourth-order valence-corrected chi connectivity index (χ4v) is 3.76. The van der Waals surface area contributed by atoms with Gasteiger partial charge >= 0.3 is 0 Å². The number of hydrogen-bond donors (Lipinski definition) is 5. The number of aliphatic hydroxyl groups excluding tert-OH is 2. The van der Waals surface area contributed by atoms with Crippen LogP contribution in [-0.4, -0.2) is 101 Å². The maximum absolute atomic E-state index is 11.9. The highest BCUT2D eigenvalue weighted by atomic mass is 16.6. The van der Waals surface area contributed by atoms with Crippen molar-refractivity contribution in [3.05, 3.63) is 46.5 Å². The summed E-state index contributed by atoms with van der Waals surface area (Å²) in [6.45, 7) is 4.06. The van der Waals surface area contributed by atoms with Crippen molar-refractivity contribution in [3.8, 4) is 0 Å². The number of nitrogens with zero attached hydrogens (tertiary/aromatic N) is 4. The van der Waals surface area contributed by atoms with E-state index >= 15 is 0 Å². The smallest absolute Gasteiger partial charge is 0.300 e. The number of nitrogens with one attached hydrogen (secondary N) is 1. The predicted octanol–water partition coefficient (Wildman–Crippen LogP) is 2.63. The molecular formula is C26H37N5O8. The maximum Gasteiger partial charge on any atom is 0.300 e. The molecule has 0 unspecified atom stereocenters. The number of aliphatic carboxylic acids is 2. The minimum Gasteiger partial charge on any atom is -0.481 e. The minimum absolute atomic E-state index is 0.0277. The van der Waals surface area contributed by atoms with Crippen molar-refractivity contribution in [2.24, 2.45) is 0 Å². The van der Waals surface area contributed by atoms with E-state index < -0.39 is 16.9 Å². The molecule has 214 valence electrons. The molecule has 0 bridgehead atoms. The van der Waals surface area contributed by atoms with Crippen molar-refractivity contribution >= 4 is 50.8 Å². The first-order valence-corrected chi connectivity index (χ1v) is 12.2. The highest BCUT2D eigenvalue weighted by Crippen LogP contribution is 2.40. The van der Waals surface area contributed by atoms with Crippen molar-refractivity contribution < 1.29 is 34.9 Å². The molecule has 13 heteroatoms. The zero-order valence-corrected chi connectivity index (χ0v) is 22.6. The monoisotopic (exact) mass is 547 g/mol. The van der Waals surface area contributed by atoms with E-state index in [4.69, 9.17) is 24.8 Å². The van der Waals surface area contributed by atoms with Crippen molar-refractivity contribution in [2.75, 3.05) is 63.7 Å². The summed E-state index contributed by atoms with van der Waals surface area (Å²) in [5, 5.41) is 50.4. The Morgan fingerprint density at radius 1 is 0.974 bits per heavy atom. The number of nitro benzene ring substituents is 1. The van der Waals surface area contributed by atoms with Crippen LogP contribution in [0.1, 0.15) is 20.3 Å². The van der Waals surface area contributed by atoms with Gasteiger partial charge in [0.1, 0.15) is 10.9 Å². The van der Waals surface area contributed by atoms with Crippen molar-refractivity contribution in [2.45, 2.75) is 20.3 Å². The van der Waals surface area contributed by atoms with Crippen molar-refractivity contribution in [1.82, 2.24) is 9.88 Å². The number of aliphatic hydroxyl groups is 2. The normalized spacial score (nSPS) is 10.3. The lowest BCUT2D eigenvalue weighted by Gasteiger charge is -2.25. The van der Waals surface area contributed by atoms with Crippen LogP contribution in [0.2, 0.25) is 0 Å². The highest BCUT2D eigenvalue weighted by molar-refractivity contribution is 6.14. The molecule has 5 N–H and O–H groups in total. The van der Waals surface area contributed by atoms with E-state index in [1.807, 2.05) is 38.4 Å². The lowest BCUT2D eigenvalue weighted by Crippen LogP contribution is -2.30. The van der Waals surface area contributed by atoms with E-state index in [9.17, 15) is 20.3 Å². The Hall–Kier alpha value is -4.07. The fourth-order valence-electron chi connectivity index (χ4n) is 3.76. The zero-order valence-electron chi connectivity index (χ0n) is 22.6. The molecular weight excluding hydrogens is 510 g/mol. The number of anilines is 2. The number of aromatic nitrogens is 1. The van der Waals surface area contributed by atoms with Gasteiger partial charge in [0.15, 0.2) is 0 Å². The first kappa shape index (κ1) is 33.0. The van der Waals surface area contributed by atoms with Crippen LogP contribution in [0.3, 0.4) is 0 Å². The van der Waals surface area contributed by atoms with Crippen LogP contribution in [0, 0.1) is 10.1 Å². The zero-order chi connectivity index (χ0) is 29.5. The Kier molecular flexibility index (Phi) is 14.1. The number of carboxylic acids is 2. The number of rotatable bonds is 11. The maximum atomic E-state index is 11.9. The molecule has 2 aromatic carbocycles. The van der Waals surface area contributed by atoms with Gasteiger partial charge in [0, 0.05) is 44.9 Å². The van der Waals surface area contributed by atoms with E-state index in [0.717, 1.165) is 37.7 Å². The third kappa shape index (κ3) is 10.7. The summed E-state index contributed by atoms with van der Waals surface area (Å²) in [7, 11) is 4.01. The molecule has 0 aliphatic heterocycles. The Labute approximate surface area is 226 Å². The second-order valence-corrected chi connectivity index (χ2v) is 8.64. The van der Waals surface area contributed by atoms with Gasteiger partial charge in [-0.2, -0.15) is 0 Å². The third-order valence-electron chi connectivity index (χ3n) is 5.15. The van der Waals surface area contributed by atoms with Gasteiger partial charge in [-0.3, -0.25) is 19.7 Å². The van der Waals surface area contributed by atoms with Gasteiger partial charge in [0.05, 0.1) is 35.0 Å². The van der Waals surface area contributed by atoms with Crippen molar-refractivity contribution in [3.63, 3.8) is 0 Å². The molecule has 3 rings (SSSR count). The summed E-state index contributed by atoms with van der Waals surface area (Å²) < 4.78 is 0. The standard InChI is InChI=1S/C22H29N5O4.2C2H4O2/c1-25(2)11-5-10-23-21-16-6-3-4-7-17(16)24-22-19(26(12-14-28)13-15-29)9-8-18(20(21)22)27(30)31;2*1-2(3)4/h3-4,6-9,28-29H,5,10-15H2,1-2H3,(H,23,24);2*1H3,(H,3,4). The van der Waals surface area contributed by atoms with E-state index in [1.165, 1.54) is 6.07 Å². The first-order chi connectivity index (χ1) is 18.4. The van der Waals surface area contributed by atoms with Gasteiger partial charge in [-0.05, 0) is 39.2 Å². The second kappa shape index (κ2) is 16.7. The van der Waals surface area contributed by atoms with Crippen LogP contribution >= 0.6 is 0 Å². The summed E-state index contributed by atoms with van der Waals surface area (Å²) in [6.07, 6.45) is 0.875. The molecule has 13 nitrogen and oxygen atoms in total. The number of fused-ring (bicyclic) bond motifs is 2. The average molecular weight is 548 g/mol. The van der Waals surface area contributed by atoms with Gasteiger partial charge in [-0.25, -0.2) is 4.98 Å². The Morgan fingerprint density at radius 3 is 2.05 bits per heavy atom. The van der Waals surface area contributed by atoms with E-state index in [0.29, 0.717) is 28.8 Å². The van der Waals surface area contributed by atoms with E-state index in [-0.39, 0.29) is 32.0 Å².